The Hall–Kier alpha value is -2.24. The average molecular weight is 635 g/mol. The summed E-state index contributed by atoms with van der Waals surface area (Å²) in [5, 5.41) is 32.1. The number of carbonyl (C=O) groups excluding carboxylic acids is 2. The highest BCUT2D eigenvalue weighted by Gasteiger charge is 2.45. The van der Waals surface area contributed by atoms with Crippen LogP contribution in [0.4, 0.5) is 4.79 Å². The predicted octanol–water partition coefficient (Wildman–Crippen LogP) is 4.23. The molecule has 0 aliphatic carbocycles. The highest BCUT2D eigenvalue weighted by molar-refractivity contribution is 5.70. The summed E-state index contributed by atoms with van der Waals surface area (Å²) < 4.78 is 17.6. The van der Waals surface area contributed by atoms with Crippen LogP contribution in [0.2, 0.25) is 0 Å². The third kappa shape index (κ3) is 11.5. The molecule has 10 nitrogen and oxygen atoms in total. The van der Waals surface area contributed by atoms with E-state index in [0.717, 1.165) is 31.5 Å². The lowest BCUT2D eigenvalue weighted by Crippen LogP contribution is -2.45. The van der Waals surface area contributed by atoms with Gasteiger partial charge in [0.15, 0.2) is 6.10 Å². The molecule has 0 aromatic rings. The first-order valence-corrected chi connectivity index (χ1v) is 16.8. The highest BCUT2D eigenvalue weighted by atomic mass is 16.6. The summed E-state index contributed by atoms with van der Waals surface area (Å²) in [7, 11) is 2.03. The van der Waals surface area contributed by atoms with Gasteiger partial charge in [-0.1, -0.05) is 52.0 Å². The number of rotatable bonds is 9. The zero-order valence-electron chi connectivity index (χ0n) is 28.4. The summed E-state index contributed by atoms with van der Waals surface area (Å²) in [6.07, 6.45) is 8.88. The Morgan fingerprint density at radius 3 is 2.67 bits per heavy atom. The minimum Gasteiger partial charge on any atom is -0.457 e. The number of epoxide rings is 1. The molecule has 3 aliphatic rings. The number of aliphatic hydroxyl groups excluding tert-OH is 2. The van der Waals surface area contributed by atoms with Crippen molar-refractivity contribution in [3.63, 3.8) is 0 Å². The van der Waals surface area contributed by atoms with Gasteiger partial charge < -0.3 is 39.3 Å². The number of likely N-dealkylation sites (N-methyl/N-ethyl adjacent to an activating group) is 1. The standard InChI is InChI=1S/C35H58N2O8/c1-8-28(39)26(5)33-29(43-33)21-23(2)11-9-12-24(3)32-25(4)13-14-30(35(6,42)16-15-27(38)22-31(40)45-32)44-34(41)37-18-10-17-36(7)19-20-37/h9,11-14,23,25-30,32-33,38-39,42H,8,10,15-22H2,1-7H3/b11-9+,14-13-,24-12+. The Balaban J connectivity index is 1.72. The summed E-state index contributed by atoms with van der Waals surface area (Å²) in [5.74, 6) is -0.440. The summed E-state index contributed by atoms with van der Waals surface area (Å²) in [4.78, 5) is 29.8. The number of cyclic esters (lactones) is 1. The minimum absolute atomic E-state index is 0.0987. The van der Waals surface area contributed by atoms with Crippen molar-refractivity contribution in [2.75, 3.05) is 33.2 Å². The van der Waals surface area contributed by atoms with Gasteiger partial charge in [-0.25, -0.2) is 4.79 Å². The molecule has 2 fully saturated rings. The predicted molar refractivity (Wildman–Crippen MR) is 173 cm³/mol. The van der Waals surface area contributed by atoms with E-state index in [9.17, 15) is 24.9 Å². The fourth-order valence-corrected chi connectivity index (χ4v) is 6.20. The van der Waals surface area contributed by atoms with Gasteiger partial charge in [0.25, 0.3) is 0 Å². The van der Waals surface area contributed by atoms with Crippen LogP contribution in [0.5, 0.6) is 0 Å². The molecule has 3 aliphatic heterocycles. The van der Waals surface area contributed by atoms with E-state index in [2.05, 4.69) is 17.9 Å². The summed E-state index contributed by atoms with van der Waals surface area (Å²) in [6, 6.07) is 0. The second-order valence-electron chi connectivity index (χ2n) is 13.8. The maximum atomic E-state index is 13.2. The number of nitrogens with zero attached hydrogens (tertiary/aromatic N) is 2. The number of carbonyl (C=O) groups is 2. The van der Waals surface area contributed by atoms with Crippen LogP contribution in [0.25, 0.3) is 0 Å². The quantitative estimate of drug-likeness (QED) is 0.148. The molecular weight excluding hydrogens is 576 g/mol. The lowest BCUT2D eigenvalue weighted by molar-refractivity contribution is -0.151. The van der Waals surface area contributed by atoms with Crippen LogP contribution in [0.3, 0.4) is 0 Å². The first-order valence-electron chi connectivity index (χ1n) is 16.8. The Labute approximate surface area is 270 Å². The maximum absolute atomic E-state index is 13.2. The van der Waals surface area contributed by atoms with Gasteiger partial charge in [-0.05, 0) is 77.1 Å². The van der Waals surface area contributed by atoms with Crippen molar-refractivity contribution >= 4 is 12.1 Å². The molecule has 256 valence electrons. The number of amides is 1. The molecule has 0 aromatic carbocycles. The van der Waals surface area contributed by atoms with Crippen LogP contribution in [0, 0.1) is 17.8 Å². The summed E-state index contributed by atoms with van der Waals surface area (Å²) in [6.45, 7) is 14.3. The first-order chi connectivity index (χ1) is 21.2. The third-order valence-corrected chi connectivity index (χ3v) is 9.55. The fraction of sp³-hybridized carbons (Fsp3) is 0.771. The lowest BCUT2D eigenvalue weighted by atomic mass is 9.88. The number of ether oxygens (including phenoxy) is 3. The minimum atomic E-state index is -1.45. The molecule has 3 rings (SSSR count). The Morgan fingerprint density at radius 2 is 1.96 bits per heavy atom. The molecule has 0 spiro atoms. The number of allylic oxidation sites excluding steroid dienone is 3. The number of aliphatic hydroxyl groups is 3. The van der Waals surface area contributed by atoms with Crippen LogP contribution in [0.15, 0.2) is 36.0 Å². The van der Waals surface area contributed by atoms with Crippen molar-refractivity contribution < 1.29 is 39.1 Å². The molecular formula is C35H58N2O8. The second kappa shape index (κ2) is 17.1. The van der Waals surface area contributed by atoms with E-state index in [0.29, 0.717) is 19.5 Å². The molecule has 3 N–H and O–H groups in total. The number of esters is 1. The molecule has 0 aromatic heterocycles. The second-order valence-corrected chi connectivity index (χ2v) is 13.8. The molecule has 10 atom stereocenters. The molecule has 3 heterocycles. The van der Waals surface area contributed by atoms with Crippen LogP contribution in [-0.2, 0) is 19.0 Å². The van der Waals surface area contributed by atoms with E-state index in [1.54, 1.807) is 17.9 Å². The van der Waals surface area contributed by atoms with Crippen molar-refractivity contribution in [2.45, 2.75) is 122 Å². The van der Waals surface area contributed by atoms with Crippen LogP contribution in [-0.4, -0.2) is 113 Å². The van der Waals surface area contributed by atoms with Gasteiger partial charge in [-0.15, -0.1) is 0 Å². The van der Waals surface area contributed by atoms with Gasteiger partial charge in [-0.2, -0.15) is 0 Å². The number of hydrogen-bond acceptors (Lipinski definition) is 9. The SMILES string of the molecule is CCC(O)C(C)C1OC1CC(C)/C=C/C=C(\C)C1OC(=O)CC(O)CCC(C)(O)C(OC(=O)N2CCCN(C)CC2)/C=C\C1C. The Morgan fingerprint density at radius 1 is 1.22 bits per heavy atom. The monoisotopic (exact) mass is 634 g/mol. The van der Waals surface area contributed by atoms with Crippen LogP contribution < -0.4 is 0 Å². The van der Waals surface area contributed by atoms with Crippen molar-refractivity contribution in [1.82, 2.24) is 9.80 Å². The maximum Gasteiger partial charge on any atom is 0.410 e. The third-order valence-electron chi connectivity index (χ3n) is 9.55. The van der Waals surface area contributed by atoms with E-state index >= 15 is 0 Å². The normalized spacial score (nSPS) is 35.4. The first kappa shape index (κ1) is 37.2. The zero-order valence-corrected chi connectivity index (χ0v) is 28.4. The average Bonchev–Trinajstić information content (AvgIpc) is 3.78. The smallest absolute Gasteiger partial charge is 0.410 e. The largest absolute Gasteiger partial charge is 0.457 e. The van der Waals surface area contributed by atoms with Gasteiger partial charge in [-0.3, -0.25) is 4.79 Å². The van der Waals surface area contributed by atoms with Gasteiger partial charge in [0.1, 0.15) is 11.7 Å². The molecule has 0 saturated carbocycles. The highest BCUT2D eigenvalue weighted by Crippen LogP contribution is 2.36. The molecule has 45 heavy (non-hydrogen) atoms. The van der Waals surface area contributed by atoms with E-state index in [1.165, 1.54) is 0 Å². The fourth-order valence-electron chi connectivity index (χ4n) is 6.20. The van der Waals surface area contributed by atoms with Crippen molar-refractivity contribution in [3.8, 4) is 0 Å². The zero-order chi connectivity index (χ0) is 33.3. The van der Waals surface area contributed by atoms with E-state index in [1.807, 2.05) is 53.0 Å². The molecule has 0 bridgehead atoms. The molecule has 2 saturated heterocycles. The summed E-state index contributed by atoms with van der Waals surface area (Å²) >= 11 is 0. The molecule has 10 unspecified atom stereocenters. The van der Waals surface area contributed by atoms with Crippen molar-refractivity contribution in [1.29, 1.82) is 0 Å². The lowest BCUT2D eigenvalue weighted by Gasteiger charge is -2.34. The van der Waals surface area contributed by atoms with Gasteiger partial charge in [0.2, 0.25) is 0 Å². The van der Waals surface area contributed by atoms with Gasteiger partial charge in [0.05, 0.1) is 30.8 Å². The Bertz CT molecular complexity index is 1060. The van der Waals surface area contributed by atoms with Gasteiger partial charge in [0, 0.05) is 31.5 Å². The van der Waals surface area contributed by atoms with Crippen molar-refractivity contribution in [3.05, 3.63) is 36.0 Å². The molecule has 1 amide bonds. The van der Waals surface area contributed by atoms with E-state index < -0.39 is 36.0 Å². The Kier molecular flexibility index (Phi) is 14.1. The topological polar surface area (TPSA) is 132 Å². The number of hydrogen-bond donors (Lipinski definition) is 3. The van der Waals surface area contributed by atoms with Crippen molar-refractivity contribution in [2.24, 2.45) is 17.8 Å². The van der Waals surface area contributed by atoms with Crippen LogP contribution in [0.1, 0.15) is 80.1 Å². The summed E-state index contributed by atoms with van der Waals surface area (Å²) in [5.41, 5.74) is -0.626. The van der Waals surface area contributed by atoms with E-state index in [-0.39, 0.29) is 55.3 Å². The molecule has 10 heteroatoms. The van der Waals surface area contributed by atoms with Gasteiger partial charge >= 0.3 is 12.1 Å². The molecule has 0 radical (unpaired) electrons. The van der Waals surface area contributed by atoms with Crippen LogP contribution >= 0.6 is 0 Å². The van der Waals surface area contributed by atoms with E-state index in [4.69, 9.17) is 14.2 Å².